The number of pyridine rings is 3. The van der Waals surface area contributed by atoms with Crippen LogP contribution >= 0.6 is 0 Å². The van der Waals surface area contributed by atoms with Gasteiger partial charge in [-0.2, -0.15) is 0 Å². The normalized spacial score (nSPS) is 10.4. The predicted molar refractivity (Wildman–Crippen MR) is 97.9 cm³/mol. The third-order valence-electron chi connectivity index (χ3n) is 3.76. The van der Waals surface area contributed by atoms with Gasteiger partial charge >= 0.3 is 0 Å². The molecule has 0 radical (unpaired) electrons. The summed E-state index contributed by atoms with van der Waals surface area (Å²) < 4.78 is 1.64. The van der Waals surface area contributed by atoms with Crippen molar-refractivity contribution in [1.29, 1.82) is 0 Å². The zero-order valence-corrected chi connectivity index (χ0v) is 14.1. The van der Waals surface area contributed by atoms with Crippen molar-refractivity contribution < 1.29 is 5.11 Å². The molecular weight excluding hydrogens is 316 g/mol. The second-order valence-electron chi connectivity index (χ2n) is 5.54. The fourth-order valence-electron chi connectivity index (χ4n) is 2.55. The van der Waals surface area contributed by atoms with Gasteiger partial charge in [0.25, 0.3) is 5.56 Å². The van der Waals surface area contributed by atoms with Crippen LogP contribution < -0.4 is 10.9 Å². The van der Waals surface area contributed by atoms with Crippen LogP contribution in [0.2, 0.25) is 0 Å². The molecule has 0 bridgehead atoms. The van der Waals surface area contributed by atoms with Gasteiger partial charge in [-0.15, -0.1) is 0 Å². The molecule has 3 aromatic heterocycles. The first-order valence-corrected chi connectivity index (χ1v) is 7.95. The Balaban J connectivity index is 2.07. The minimum absolute atomic E-state index is 0.179. The van der Waals surface area contributed by atoms with Crippen LogP contribution in [0.4, 0.5) is 11.6 Å². The lowest BCUT2D eigenvalue weighted by atomic mass is 10.2. The van der Waals surface area contributed by atoms with E-state index < -0.39 is 0 Å². The monoisotopic (exact) mass is 334 g/mol. The van der Waals surface area contributed by atoms with Crippen molar-refractivity contribution >= 4 is 22.5 Å². The third kappa shape index (κ3) is 3.52. The Labute approximate surface area is 145 Å². The number of aryl methyl sites for hydroxylation is 2. The van der Waals surface area contributed by atoms with E-state index in [-0.39, 0.29) is 12.2 Å². The van der Waals surface area contributed by atoms with E-state index in [0.717, 1.165) is 16.5 Å². The number of rotatable bonds is 3. The van der Waals surface area contributed by atoms with Crippen molar-refractivity contribution in [2.75, 3.05) is 11.9 Å². The Morgan fingerprint density at radius 3 is 2.68 bits per heavy atom. The largest absolute Gasteiger partial charge is 0.384 e. The van der Waals surface area contributed by atoms with E-state index in [0.29, 0.717) is 23.7 Å². The van der Waals surface area contributed by atoms with Gasteiger partial charge in [-0.25, -0.2) is 9.97 Å². The molecule has 0 aliphatic carbocycles. The number of aromatic nitrogens is 3. The van der Waals surface area contributed by atoms with Crippen LogP contribution in [0.5, 0.6) is 0 Å². The van der Waals surface area contributed by atoms with Gasteiger partial charge in [0.1, 0.15) is 18.2 Å². The molecule has 0 saturated carbocycles. The van der Waals surface area contributed by atoms with E-state index in [2.05, 4.69) is 27.1 Å². The van der Waals surface area contributed by atoms with Crippen molar-refractivity contribution in [2.45, 2.75) is 20.4 Å². The number of nitrogens with zero attached hydrogens (tertiary/aromatic N) is 3. The summed E-state index contributed by atoms with van der Waals surface area (Å²) in [6, 6.07) is 7.37. The number of nitrogens with one attached hydrogen (secondary N) is 1. The Hall–Kier alpha value is -3.17. The molecule has 3 aromatic rings. The SMILES string of the molecule is CCn1c(=O)c(C#CCO)cc2cnc(Nc3ccc(C)cn3)cc21. The number of hydrogen-bond acceptors (Lipinski definition) is 5. The van der Waals surface area contributed by atoms with E-state index in [9.17, 15) is 4.79 Å². The zero-order valence-electron chi connectivity index (χ0n) is 14.1. The second-order valence-corrected chi connectivity index (χ2v) is 5.54. The number of aliphatic hydroxyl groups excluding tert-OH is 1. The fourth-order valence-corrected chi connectivity index (χ4v) is 2.55. The molecule has 3 rings (SSSR count). The first-order chi connectivity index (χ1) is 12.1. The van der Waals surface area contributed by atoms with Crippen molar-refractivity contribution in [3.8, 4) is 11.8 Å². The molecular formula is C19H18N4O2. The number of hydrogen-bond donors (Lipinski definition) is 2. The maximum atomic E-state index is 12.6. The quantitative estimate of drug-likeness (QED) is 0.718. The molecule has 6 nitrogen and oxygen atoms in total. The number of anilines is 2. The summed E-state index contributed by atoms with van der Waals surface area (Å²) >= 11 is 0. The lowest BCUT2D eigenvalue weighted by molar-refractivity contribution is 0.350. The molecule has 0 aromatic carbocycles. The molecule has 0 saturated heterocycles. The fraction of sp³-hybridized carbons (Fsp3) is 0.211. The first kappa shape index (κ1) is 16.7. The van der Waals surface area contributed by atoms with E-state index >= 15 is 0 Å². The molecule has 3 heterocycles. The molecule has 0 aliphatic heterocycles. The Morgan fingerprint density at radius 2 is 2.00 bits per heavy atom. The van der Waals surface area contributed by atoms with Crippen LogP contribution in [-0.4, -0.2) is 26.2 Å². The lowest BCUT2D eigenvalue weighted by Gasteiger charge is -2.11. The van der Waals surface area contributed by atoms with Crippen LogP contribution in [0.15, 0.2) is 41.5 Å². The third-order valence-corrected chi connectivity index (χ3v) is 3.76. The van der Waals surface area contributed by atoms with Crippen LogP contribution in [0, 0.1) is 18.8 Å². The van der Waals surface area contributed by atoms with Gasteiger partial charge in [0.05, 0.1) is 11.1 Å². The molecule has 0 fully saturated rings. The first-order valence-electron chi connectivity index (χ1n) is 7.95. The van der Waals surface area contributed by atoms with E-state index in [1.807, 2.05) is 32.0 Å². The summed E-state index contributed by atoms with van der Waals surface area (Å²) in [7, 11) is 0. The summed E-state index contributed by atoms with van der Waals surface area (Å²) in [5.41, 5.74) is 2.02. The standard InChI is InChI=1S/C19H18N4O2/c1-3-23-16-10-18(22-17-7-6-13(2)11-20-17)21-12-15(16)9-14(19(23)25)5-4-8-24/h6-7,9-12,24H,3,8H2,1-2H3,(H,20,21,22). The second kappa shape index (κ2) is 7.16. The lowest BCUT2D eigenvalue weighted by Crippen LogP contribution is -2.22. The highest BCUT2D eigenvalue weighted by Gasteiger charge is 2.09. The number of aliphatic hydroxyl groups is 1. The summed E-state index contributed by atoms with van der Waals surface area (Å²) in [4.78, 5) is 21.2. The van der Waals surface area contributed by atoms with Crippen LogP contribution in [-0.2, 0) is 6.54 Å². The van der Waals surface area contributed by atoms with Crippen molar-refractivity contribution in [3.05, 3.63) is 58.1 Å². The minimum Gasteiger partial charge on any atom is -0.384 e. The summed E-state index contributed by atoms with van der Waals surface area (Å²) in [5.74, 6) is 6.52. The average Bonchev–Trinajstić information content (AvgIpc) is 2.62. The van der Waals surface area contributed by atoms with E-state index in [4.69, 9.17) is 5.11 Å². The highest BCUT2D eigenvalue weighted by molar-refractivity contribution is 5.82. The van der Waals surface area contributed by atoms with Crippen LogP contribution in [0.3, 0.4) is 0 Å². The number of fused-ring (bicyclic) bond motifs is 1. The van der Waals surface area contributed by atoms with Crippen molar-refractivity contribution in [2.24, 2.45) is 0 Å². The highest BCUT2D eigenvalue weighted by atomic mass is 16.2. The van der Waals surface area contributed by atoms with E-state index in [1.165, 1.54) is 0 Å². The summed E-state index contributed by atoms with van der Waals surface area (Å²) in [6.45, 7) is 4.10. The van der Waals surface area contributed by atoms with Crippen LogP contribution in [0.1, 0.15) is 18.1 Å². The van der Waals surface area contributed by atoms with E-state index in [1.54, 1.807) is 23.0 Å². The summed E-state index contributed by atoms with van der Waals surface area (Å²) in [5, 5.41) is 12.8. The molecule has 25 heavy (non-hydrogen) atoms. The van der Waals surface area contributed by atoms with Crippen molar-refractivity contribution in [3.63, 3.8) is 0 Å². The molecule has 0 atom stereocenters. The Bertz CT molecular complexity index is 1030. The molecule has 0 amide bonds. The molecule has 0 spiro atoms. The topological polar surface area (TPSA) is 80.0 Å². The van der Waals surface area contributed by atoms with Gasteiger partial charge in [0.15, 0.2) is 0 Å². The van der Waals surface area contributed by atoms with Gasteiger partial charge in [0.2, 0.25) is 0 Å². The maximum Gasteiger partial charge on any atom is 0.266 e. The average molecular weight is 334 g/mol. The predicted octanol–water partition coefficient (Wildman–Crippen LogP) is 2.21. The molecule has 6 heteroatoms. The van der Waals surface area contributed by atoms with Gasteiger partial charge in [-0.1, -0.05) is 17.9 Å². The van der Waals surface area contributed by atoms with Gasteiger partial charge in [0, 0.05) is 30.4 Å². The van der Waals surface area contributed by atoms with Gasteiger partial charge in [-0.3, -0.25) is 4.79 Å². The molecule has 0 aliphatic rings. The molecule has 126 valence electrons. The molecule has 2 N–H and O–H groups in total. The zero-order chi connectivity index (χ0) is 17.8. The van der Waals surface area contributed by atoms with Crippen molar-refractivity contribution in [1.82, 2.24) is 14.5 Å². The van der Waals surface area contributed by atoms with Crippen LogP contribution in [0.25, 0.3) is 10.9 Å². The highest BCUT2D eigenvalue weighted by Crippen LogP contribution is 2.19. The molecule has 0 unspecified atom stereocenters. The minimum atomic E-state index is -0.283. The van der Waals surface area contributed by atoms with Gasteiger partial charge < -0.3 is 15.0 Å². The van der Waals surface area contributed by atoms with Gasteiger partial charge in [-0.05, 0) is 31.5 Å². The smallest absolute Gasteiger partial charge is 0.266 e. The summed E-state index contributed by atoms with van der Waals surface area (Å²) in [6.07, 6.45) is 3.47. The maximum absolute atomic E-state index is 12.6. The Kier molecular flexibility index (Phi) is 4.78. The Morgan fingerprint density at radius 1 is 1.20 bits per heavy atom.